The number of carbonyl (C=O) groups excluding carboxylic acids is 1. The maximum Gasteiger partial charge on any atom is 0.241 e. The highest BCUT2D eigenvalue weighted by molar-refractivity contribution is 5.95. The van der Waals surface area contributed by atoms with Crippen LogP contribution in [-0.2, 0) is 4.79 Å². The van der Waals surface area contributed by atoms with Crippen molar-refractivity contribution in [2.45, 2.75) is 39.2 Å². The molecule has 27 heavy (non-hydrogen) atoms. The molecule has 2 aromatic rings. The third kappa shape index (κ3) is 5.41. The van der Waals surface area contributed by atoms with E-state index in [-0.39, 0.29) is 11.9 Å². The molecule has 5 heteroatoms. The van der Waals surface area contributed by atoms with E-state index in [1.54, 1.807) is 12.4 Å². The molecule has 5 nitrogen and oxygen atoms in total. The van der Waals surface area contributed by atoms with Crippen molar-refractivity contribution in [2.75, 3.05) is 18.4 Å². The molecule has 0 spiro atoms. The van der Waals surface area contributed by atoms with Gasteiger partial charge in [-0.25, -0.2) is 0 Å². The first-order chi connectivity index (χ1) is 13.2. The number of anilines is 1. The van der Waals surface area contributed by atoms with E-state index in [0.717, 1.165) is 38.0 Å². The molecule has 1 N–H and O–H groups in total. The Morgan fingerprint density at radius 3 is 2.78 bits per heavy atom. The summed E-state index contributed by atoms with van der Waals surface area (Å²) in [6.45, 7) is 5.99. The van der Waals surface area contributed by atoms with Gasteiger partial charge in [0.15, 0.2) is 0 Å². The fourth-order valence-electron chi connectivity index (χ4n) is 3.26. The van der Waals surface area contributed by atoms with Crippen molar-refractivity contribution in [1.82, 2.24) is 9.88 Å². The second-order valence-electron chi connectivity index (χ2n) is 6.92. The molecule has 0 radical (unpaired) electrons. The first-order valence-electron chi connectivity index (χ1n) is 9.50. The molecule has 1 aliphatic rings. The molecular weight excluding hydrogens is 338 g/mol. The lowest BCUT2D eigenvalue weighted by atomic mass is 10.0. The number of nitrogens with zero attached hydrogens (tertiary/aromatic N) is 2. The third-order valence-electron chi connectivity index (χ3n) is 4.85. The van der Waals surface area contributed by atoms with Crippen LogP contribution in [0.4, 0.5) is 5.69 Å². The molecule has 0 aliphatic carbocycles. The van der Waals surface area contributed by atoms with Crippen LogP contribution in [0.2, 0.25) is 0 Å². The topological polar surface area (TPSA) is 54.5 Å². The van der Waals surface area contributed by atoms with Crippen LogP contribution >= 0.6 is 0 Å². The van der Waals surface area contributed by atoms with E-state index >= 15 is 0 Å². The molecule has 2 heterocycles. The third-order valence-corrected chi connectivity index (χ3v) is 4.85. The van der Waals surface area contributed by atoms with Crippen LogP contribution in [0, 0.1) is 0 Å². The summed E-state index contributed by atoms with van der Waals surface area (Å²) in [4.78, 5) is 19.1. The van der Waals surface area contributed by atoms with E-state index in [1.165, 1.54) is 5.57 Å². The normalized spacial score (nSPS) is 18.1. The van der Waals surface area contributed by atoms with Crippen LogP contribution in [0.3, 0.4) is 0 Å². The summed E-state index contributed by atoms with van der Waals surface area (Å²) in [5, 5.41) is 3.06. The number of likely N-dealkylation sites (tertiary alicyclic amines) is 1. The lowest BCUT2D eigenvalue weighted by Crippen LogP contribution is -2.47. The number of hydrogen-bond donors (Lipinski definition) is 1. The van der Waals surface area contributed by atoms with Gasteiger partial charge in [-0.15, -0.1) is 0 Å². The zero-order valence-corrected chi connectivity index (χ0v) is 16.0. The lowest BCUT2D eigenvalue weighted by Gasteiger charge is -2.34. The number of ether oxygens (including phenoxy) is 1. The van der Waals surface area contributed by atoms with Crippen molar-refractivity contribution in [2.24, 2.45) is 0 Å². The van der Waals surface area contributed by atoms with Crippen molar-refractivity contribution in [3.05, 3.63) is 60.4 Å². The van der Waals surface area contributed by atoms with Gasteiger partial charge in [0.05, 0.1) is 12.2 Å². The highest BCUT2D eigenvalue weighted by atomic mass is 16.5. The number of carbonyl (C=O) groups is 1. The summed E-state index contributed by atoms with van der Waals surface area (Å²) in [6, 6.07) is 11.1. The van der Waals surface area contributed by atoms with E-state index in [9.17, 15) is 4.79 Å². The van der Waals surface area contributed by atoms with Gasteiger partial charge in [-0.3, -0.25) is 14.7 Å². The van der Waals surface area contributed by atoms with Gasteiger partial charge in [0.1, 0.15) is 11.5 Å². The van der Waals surface area contributed by atoms with Crippen LogP contribution < -0.4 is 10.1 Å². The van der Waals surface area contributed by atoms with Gasteiger partial charge in [-0.2, -0.15) is 0 Å². The first-order valence-corrected chi connectivity index (χ1v) is 9.50. The Morgan fingerprint density at radius 2 is 2.07 bits per heavy atom. The number of amides is 1. The van der Waals surface area contributed by atoms with E-state index in [2.05, 4.69) is 28.2 Å². The van der Waals surface area contributed by atoms with Crippen molar-refractivity contribution >= 4 is 11.6 Å². The number of piperidine rings is 1. The predicted molar refractivity (Wildman–Crippen MR) is 108 cm³/mol. The molecule has 1 amide bonds. The van der Waals surface area contributed by atoms with Crippen molar-refractivity contribution in [3.8, 4) is 11.5 Å². The Labute approximate surface area is 161 Å². The Kier molecular flexibility index (Phi) is 6.60. The Balaban J connectivity index is 1.61. The smallest absolute Gasteiger partial charge is 0.241 e. The summed E-state index contributed by atoms with van der Waals surface area (Å²) in [5.74, 6) is 1.47. The minimum Gasteiger partial charge on any atom is -0.456 e. The molecule has 1 aliphatic heterocycles. The predicted octanol–water partition coefficient (Wildman–Crippen LogP) is 4.63. The molecule has 3 rings (SSSR count). The Hall–Kier alpha value is -2.66. The number of hydrogen-bond acceptors (Lipinski definition) is 4. The van der Waals surface area contributed by atoms with Gasteiger partial charge in [0.2, 0.25) is 5.91 Å². The van der Waals surface area contributed by atoms with Crippen LogP contribution in [0.5, 0.6) is 11.5 Å². The molecule has 1 atom stereocenters. The number of rotatable bonds is 6. The molecule has 1 saturated heterocycles. The largest absolute Gasteiger partial charge is 0.456 e. The number of pyridine rings is 1. The standard InChI is InChI=1S/C22H27N3O2/c1-3-17(2)16-25-14-5-4-8-21(25)22(26)24-18-9-11-19(12-10-18)27-20-7-6-13-23-15-20/h3,6-7,9-13,15,21H,4-5,8,14,16H2,1-2H3,(H,24,26)/b17-3+/t21-/m1/s1. The second kappa shape index (κ2) is 9.33. The quantitative estimate of drug-likeness (QED) is 0.758. The molecule has 1 fully saturated rings. The summed E-state index contributed by atoms with van der Waals surface area (Å²) in [6.07, 6.45) is 8.65. The number of benzene rings is 1. The van der Waals surface area contributed by atoms with Gasteiger partial charge in [-0.1, -0.05) is 18.1 Å². The second-order valence-corrected chi connectivity index (χ2v) is 6.92. The van der Waals surface area contributed by atoms with Gasteiger partial charge >= 0.3 is 0 Å². The van der Waals surface area contributed by atoms with Crippen LogP contribution in [0.1, 0.15) is 33.1 Å². The summed E-state index contributed by atoms with van der Waals surface area (Å²) in [5.41, 5.74) is 2.08. The zero-order valence-electron chi connectivity index (χ0n) is 16.0. The maximum absolute atomic E-state index is 12.8. The molecule has 0 saturated carbocycles. The number of aromatic nitrogens is 1. The van der Waals surface area contributed by atoms with Crippen LogP contribution in [0.25, 0.3) is 0 Å². The minimum absolute atomic E-state index is 0.0690. The van der Waals surface area contributed by atoms with E-state index < -0.39 is 0 Å². The first kappa shape index (κ1) is 19.1. The fourth-order valence-corrected chi connectivity index (χ4v) is 3.26. The molecule has 1 aromatic carbocycles. The van der Waals surface area contributed by atoms with Crippen LogP contribution in [-0.4, -0.2) is 34.9 Å². The van der Waals surface area contributed by atoms with E-state index in [0.29, 0.717) is 11.5 Å². The lowest BCUT2D eigenvalue weighted by molar-refractivity contribution is -0.122. The average molecular weight is 365 g/mol. The highest BCUT2D eigenvalue weighted by Gasteiger charge is 2.28. The minimum atomic E-state index is -0.0695. The molecule has 1 aromatic heterocycles. The van der Waals surface area contributed by atoms with E-state index in [4.69, 9.17) is 4.74 Å². The molecule has 0 unspecified atom stereocenters. The van der Waals surface area contributed by atoms with Gasteiger partial charge in [0.25, 0.3) is 0 Å². The van der Waals surface area contributed by atoms with Crippen molar-refractivity contribution in [3.63, 3.8) is 0 Å². The van der Waals surface area contributed by atoms with E-state index in [1.807, 2.05) is 43.3 Å². The molecular formula is C22H27N3O2. The number of nitrogens with one attached hydrogen (secondary N) is 1. The average Bonchev–Trinajstić information content (AvgIpc) is 2.70. The van der Waals surface area contributed by atoms with Gasteiger partial charge in [0, 0.05) is 18.4 Å². The number of allylic oxidation sites excluding steroid dienone is 1. The van der Waals surface area contributed by atoms with Crippen molar-refractivity contribution < 1.29 is 9.53 Å². The fraction of sp³-hybridized carbons (Fsp3) is 0.364. The highest BCUT2D eigenvalue weighted by Crippen LogP contribution is 2.24. The molecule has 142 valence electrons. The van der Waals surface area contributed by atoms with Crippen molar-refractivity contribution in [1.29, 1.82) is 0 Å². The Bertz CT molecular complexity index is 772. The zero-order chi connectivity index (χ0) is 19.1. The Morgan fingerprint density at radius 1 is 1.26 bits per heavy atom. The summed E-state index contributed by atoms with van der Waals surface area (Å²) < 4.78 is 5.74. The van der Waals surface area contributed by atoms with Gasteiger partial charge in [-0.05, 0) is 69.6 Å². The maximum atomic E-state index is 12.8. The van der Waals surface area contributed by atoms with Gasteiger partial charge < -0.3 is 10.1 Å². The summed E-state index contributed by atoms with van der Waals surface area (Å²) in [7, 11) is 0. The van der Waals surface area contributed by atoms with Crippen LogP contribution in [0.15, 0.2) is 60.4 Å². The molecule has 0 bridgehead atoms. The SMILES string of the molecule is C/C=C(\C)CN1CCCC[C@@H]1C(=O)Nc1ccc(Oc2cccnc2)cc1. The summed E-state index contributed by atoms with van der Waals surface area (Å²) >= 11 is 0. The monoisotopic (exact) mass is 365 g/mol.